The summed E-state index contributed by atoms with van der Waals surface area (Å²) >= 11 is 0. The molecular formula is C13H18FN. The molecule has 0 bridgehead atoms. The molecule has 1 fully saturated rings. The number of anilines is 1. The molecule has 0 unspecified atom stereocenters. The second-order valence-electron chi connectivity index (χ2n) is 4.39. The minimum atomic E-state index is -0.168. The molecule has 1 N–H and O–H groups in total. The average Bonchev–Trinajstić information content (AvgIpc) is 2.30. The summed E-state index contributed by atoms with van der Waals surface area (Å²) in [6.45, 7) is 1.03. The van der Waals surface area contributed by atoms with Crippen molar-refractivity contribution in [2.24, 2.45) is 5.92 Å². The summed E-state index contributed by atoms with van der Waals surface area (Å²) in [5, 5.41) is 3.37. The average molecular weight is 207 g/mol. The highest BCUT2D eigenvalue weighted by atomic mass is 19.1. The molecule has 2 heteroatoms. The molecule has 0 amide bonds. The SMILES string of the molecule is Fc1ccc(NCC2CCCCC2)cc1. The predicted molar refractivity (Wildman–Crippen MR) is 61.5 cm³/mol. The molecule has 1 nitrogen and oxygen atoms in total. The van der Waals surface area contributed by atoms with Crippen molar-refractivity contribution >= 4 is 5.69 Å². The van der Waals surface area contributed by atoms with Crippen LogP contribution in [-0.4, -0.2) is 6.54 Å². The van der Waals surface area contributed by atoms with E-state index in [1.165, 1.54) is 44.2 Å². The topological polar surface area (TPSA) is 12.0 Å². The largest absolute Gasteiger partial charge is 0.385 e. The predicted octanol–water partition coefficient (Wildman–Crippen LogP) is 3.82. The van der Waals surface area contributed by atoms with Crippen molar-refractivity contribution in [2.45, 2.75) is 32.1 Å². The maximum absolute atomic E-state index is 12.7. The van der Waals surface area contributed by atoms with Crippen LogP contribution >= 0.6 is 0 Å². The zero-order valence-electron chi connectivity index (χ0n) is 9.01. The molecule has 1 aromatic rings. The van der Waals surface area contributed by atoms with Gasteiger partial charge in [-0.25, -0.2) is 4.39 Å². The van der Waals surface area contributed by atoms with Gasteiger partial charge in [0.15, 0.2) is 0 Å². The third-order valence-corrected chi connectivity index (χ3v) is 3.16. The van der Waals surface area contributed by atoms with Gasteiger partial charge in [0, 0.05) is 12.2 Å². The van der Waals surface area contributed by atoms with Crippen molar-refractivity contribution < 1.29 is 4.39 Å². The lowest BCUT2D eigenvalue weighted by molar-refractivity contribution is 0.373. The van der Waals surface area contributed by atoms with E-state index in [-0.39, 0.29) is 5.82 Å². The van der Waals surface area contributed by atoms with Gasteiger partial charge in [-0.2, -0.15) is 0 Å². The van der Waals surface area contributed by atoms with E-state index in [9.17, 15) is 4.39 Å². The number of nitrogens with one attached hydrogen (secondary N) is 1. The van der Waals surface area contributed by atoms with E-state index in [0.717, 1.165) is 18.2 Å². The van der Waals surface area contributed by atoms with E-state index < -0.39 is 0 Å². The fourth-order valence-electron chi connectivity index (χ4n) is 2.22. The molecule has 82 valence electrons. The number of benzene rings is 1. The smallest absolute Gasteiger partial charge is 0.123 e. The Morgan fingerprint density at radius 2 is 1.73 bits per heavy atom. The van der Waals surface area contributed by atoms with Crippen LogP contribution in [0.5, 0.6) is 0 Å². The second kappa shape index (κ2) is 5.15. The van der Waals surface area contributed by atoms with Gasteiger partial charge in [0.1, 0.15) is 5.82 Å². The Labute approximate surface area is 90.7 Å². The maximum atomic E-state index is 12.7. The van der Waals surface area contributed by atoms with Gasteiger partial charge in [-0.3, -0.25) is 0 Å². The Morgan fingerprint density at radius 1 is 1.07 bits per heavy atom. The summed E-state index contributed by atoms with van der Waals surface area (Å²) in [5.74, 6) is 0.641. The fourth-order valence-corrected chi connectivity index (χ4v) is 2.22. The maximum Gasteiger partial charge on any atom is 0.123 e. The van der Waals surface area contributed by atoms with Crippen LogP contribution in [-0.2, 0) is 0 Å². The lowest BCUT2D eigenvalue weighted by atomic mass is 9.89. The van der Waals surface area contributed by atoms with Gasteiger partial charge in [-0.05, 0) is 43.0 Å². The van der Waals surface area contributed by atoms with Gasteiger partial charge >= 0.3 is 0 Å². The lowest BCUT2D eigenvalue weighted by Gasteiger charge is -2.22. The highest BCUT2D eigenvalue weighted by Gasteiger charge is 2.12. The minimum Gasteiger partial charge on any atom is -0.385 e. The van der Waals surface area contributed by atoms with Crippen molar-refractivity contribution in [1.82, 2.24) is 0 Å². The molecule has 0 aromatic heterocycles. The summed E-state index contributed by atoms with van der Waals surface area (Å²) in [6, 6.07) is 6.61. The molecule has 0 saturated heterocycles. The van der Waals surface area contributed by atoms with Gasteiger partial charge in [0.25, 0.3) is 0 Å². The summed E-state index contributed by atoms with van der Waals surface area (Å²) in [5.41, 5.74) is 1.03. The van der Waals surface area contributed by atoms with E-state index in [4.69, 9.17) is 0 Å². The fraction of sp³-hybridized carbons (Fsp3) is 0.538. The Bertz CT molecular complexity index is 288. The first-order valence-electron chi connectivity index (χ1n) is 5.84. The van der Waals surface area contributed by atoms with Gasteiger partial charge < -0.3 is 5.32 Å². The molecule has 2 rings (SSSR count). The molecule has 1 aliphatic carbocycles. The van der Waals surface area contributed by atoms with E-state index >= 15 is 0 Å². The minimum absolute atomic E-state index is 0.168. The first kappa shape index (κ1) is 10.5. The van der Waals surface area contributed by atoms with Crippen molar-refractivity contribution in [3.05, 3.63) is 30.1 Å². The first-order valence-corrected chi connectivity index (χ1v) is 5.84. The van der Waals surface area contributed by atoms with Gasteiger partial charge in [0.2, 0.25) is 0 Å². The van der Waals surface area contributed by atoms with Crippen LogP contribution in [0, 0.1) is 11.7 Å². The number of hydrogen-bond donors (Lipinski definition) is 1. The zero-order chi connectivity index (χ0) is 10.5. The van der Waals surface area contributed by atoms with Crippen LogP contribution in [0.1, 0.15) is 32.1 Å². The third kappa shape index (κ3) is 3.22. The molecule has 0 heterocycles. The quantitative estimate of drug-likeness (QED) is 0.794. The Balaban J connectivity index is 1.79. The first-order chi connectivity index (χ1) is 7.34. The summed E-state index contributed by atoms with van der Waals surface area (Å²) < 4.78 is 12.7. The van der Waals surface area contributed by atoms with Crippen molar-refractivity contribution in [3.63, 3.8) is 0 Å². The molecule has 1 saturated carbocycles. The number of hydrogen-bond acceptors (Lipinski definition) is 1. The molecule has 1 aromatic carbocycles. The van der Waals surface area contributed by atoms with E-state index in [2.05, 4.69) is 5.32 Å². The Hall–Kier alpha value is -1.05. The monoisotopic (exact) mass is 207 g/mol. The Kier molecular flexibility index (Phi) is 3.59. The van der Waals surface area contributed by atoms with Crippen LogP contribution in [0.25, 0.3) is 0 Å². The summed E-state index contributed by atoms with van der Waals surface area (Å²) in [4.78, 5) is 0. The summed E-state index contributed by atoms with van der Waals surface area (Å²) in [6.07, 6.45) is 6.82. The lowest BCUT2D eigenvalue weighted by Crippen LogP contribution is -2.16. The molecule has 0 radical (unpaired) electrons. The van der Waals surface area contributed by atoms with Crippen molar-refractivity contribution in [1.29, 1.82) is 0 Å². The number of rotatable bonds is 3. The van der Waals surface area contributed by atoms with E-state index in [0.29, 0.717) is 0 Å². The molecule has 0 atom stereocenters. The van der Waals surface area contributed by atoms with Gasteiger partial charge in [0.05, 0.1) is 0 Å². The van der Waals surface area contributed by atoms with E-state index in [1.54, 1.807) is 12.1 Å². The highest BCUT2D eigenvalue weighted by molar-refractivity contribution is 5.42. The molecule has 0 aliphatic heterocycles. The number of halogens is 1. The van der Waals surface area contributed by atoms with Crippen LogP contribution in [0.15, 0.2) is 24.3 Å². The second-order valence-corrected chi connectivity index (χ2v) is 4.39. The van der Waals surface area contributed by atoms with Crippen LogP contribution in [0.2, 0.25) is 0 Å². The third-order valence-electron chi connectivity index (χ3n) is 3.16. The summed E-state index contributed by atoms with van der Waals surface area (Å²) in [7, 11) is 0. The standard InChI is InChI=1S/C13H18FN/c14-12-6-8-13(9-7-12)15-10-11-4-2-1-3-5-11/h6-9,11,15H,1-5,10H2. The van der Waals surface area contributed by atoms with Gasteiger partial charge in [-0.1, -0.05) is 19.3 Å². The van der Waals surface area contributed by atoms with E-state index in [1.807, 2.05) is 0 Å². The zero-order valence-corrected chi connectivity index (χ0v) is 9.01. The molecule has 1 aliphatic rings. The molecule has 15 heavy (non-hydrogen) atoms. The van der Waals surface area contributed by atoms with Crippen molar-refractivity contribution in [2.75, 3.05) is 11.9 Å². The van der Waals surface area contributed by atoms with Crippen LogP contribution in [0.3, 0.4) is 0 Å². The molecule has 0 spiro atoms. The van der Waals surface area contributed by atoms with Crippen molar-refractivity contribution in [3.8, 4) is 0 Å². The normalized spacial score (nSPS) is 17.7. The van der Waals surface area contributed by atoms with Crippen LogP contribution < -0.4 is 5.32 Å². The Morgan fingerprint density at radius 3 is 2.40 bits per heavy atom. The molecular weight excluding hydrogens is 189 g/mol. The van der Waals surface area contributed by atoms with Gasteiger partial charge in [-0.15, -0.1) is 0 Å². The highest BCUT2D eigenvalue weighted by Crippen LogP contribution is 2.23. The van der Waals surface area contributed by atoms with Crippen LogP contribution in [0.4, 0.5) is 10.1 Å².